The van der Waals surface area contributed by atoms with Crippen molar-refractivity contribution in [2.45, 2.75) is 17.7 Å². The van der Waals surface area contributed by atoms with E-state index in [0.29, 0.717) is 11.0 Å². The Bertz CT molecular complexity index is 529. The summed E-state index contributed by atoms with van der Waals surface area (Å²) < 4.78 is 27.4. The van der Waals surface area contributed by atoms with Crippen LogP contribution in [0, 0.1) is 0 Å². The molecule has 3 nitrogen and oxygen atoms in total. The standard InChI is InChI=1S/C12H15Br2NO2S/c1-3-4-5-8-15(2)18(16,17)12-9-10(13)6-7-11(12)14/h3,6-7,9H,1,4-5,8H2,2H3. The highest BCUT2D eigenvalue weighted by atomic mass is 79.9. The van der Waals surface area contributed by atoms with E-state index in [2.05, 4.69) is 38.4 Å². The van der Waals surface area contributed by atoms with Gasteiger partial charge < -0.3 is 0 Å². The van der Waals surface area contributed by atoms with Crippen molar-refractivity contribution < 1.29 is 8.42 Å². The van der Waals surface area contributed by atoms with E-state index < -0.39 is 10.0 Å². The zero-order chi connectivity index (χ0) is 13.8. The van der Waals surface area contributed by atoms with Crippen molar-refractivity contribution in [1.29, 1.82) is 0 Å². The Morgan fingerprint density at radius 2 is 2.06 bits per heavy atom. The zero-order valence-corrected chi connectivity index (χ0v) is 14.1. The van der Waals surface area contributed by atoms with Crippen molar-refractivity contribution in [3.8, 4) is 0 Å². The molecule has 0 aliphatic carbocycles. The Morgan fingerprint density at radius 1 is 1.39 bits per heavy atom. The van der Waals surface area contributed by atoms with E-state index in [-0.39, 0.29) is 4.90 Å². The van der Waals surface area contributed by atoms with Gasteiger partial charge in [0.2, 0.25) is 10.0 Å². The van der Waals surface area contributed by atoms with Gasteiger partial charge in [-0.2, -0.15) is 0 Å². The molecule has 0 fully saturated rings. The van der Waals surface area contributed by atoms with Crippen LogP contribution >= 0.6 is 31.9 Å². The fraction of sp³-hybridized carbons (Fsp3) is 0.333. The molecule has 0 N–H and O–H groups in total. The quantitative estimate of drug-likeness (QED) is 0.541. The topological polar surface area (TPSA) is 37.4 Å². The van der Waals surface area contributed by atoms with Gasteiger partial charge in [0.1, 0.15) is 0 Å². The van der Waals surface area contributed by atoms with Crippen LogP contribution in [0.15, 0.2) is 44.7 Å². The SMILES string of the molecule is C=CCCCN(C)S(=O)(=O)c1cc(Br)ccc1Br. The second-order valence-electron chi connectivity index (χ2n) is 3.83. The van der Waals surface area contributed by atoms with Crippen LogP contribution in [0.1, 0.15) is 12.8 Å². The lowest BCUT2D eigenvalue weighted by Crippen LogP contribution is -2.28. The van der Waals surface area contributed by atoms with Crippen LogP contribution in [-0.2, 0) is 10.0 Å². The van der Waals surface area contributed by atoms with Crippen LogP contribution < -0.4 is 0 Å². The summed E-state index contributed by atoms with van der Waals surface area (Å²) >= 11 is 6.56. The fourth-order valence-electron chi connectivity index (χ4n) is 1.42. The third-order valence-corrected chi connectivity index (χ3v) is 5.81. The summed E-state index contributed by atoms with van der Waals surface area (Å²) in [5.74, 6) is 0. The van der Waals surface area contributed by atoms with Gasteiger partial charge in [0.25, 0.3) is 0 Å². The molecule has 18 heavy (non-hydrogen) atoms. The fourth-order valence-corrected chi connectivity index (χ4v) is 4.09. The Labute approximate surface area is 125 Å². The maximum absolute atomic E-state index is 12.3. The molecule has 0 aromatic heterocycles. The van der Waals surface area contributed by atoms with Crippen molar-refractivity contribution in [3.05, 3.63) is 39.8 Å². The third-order valence-electron chi connectivity index (χ3n) is 2.46. The Hall–Kier alpha value is -0.170. The van der Waals surface area contributed by atoms with Crippen molar-refractivity contribution >= 4 is 41.9 Å². The van der Waals surface area contributed by atoms with Gasteiger partial charge in [-0.3, -0.25) is 0 Å². The highest BCUT2D eigenvalue weighted by Gasteiger charge is 2.23. The van der Waals surface area contributed by atoms with Gasteiger partial charge in [-0.25, -0.2) is 12.7 Å². The van der Waals surface area contributed by atoms with Gasteiger partial charge in [0, 0.05) is 22.5 Å². The first-order valence-electron chi connectivity index (χ1n) is 5.42. The summed E-state index contributed by atoms with van der Waals surface area (Å²) in [6.07, 6.45) is 3.36. The lowest BCUT2D eigenvalue weighted by molar-refractivity contribution is 0.462. The molecular weight excluding hydrogens is 382 g/mol. The molecule has 0 heterocycles. The number of unbranched alkanes of at least 4 members (excludes halogenated alkanes) is 1. The molecule has 0 aliphatic rings. The molecule has 0 atom stereocenters. The van der Waals surface area contributed by atoms with Gasteiger partial charge in [-0.15, -0.1) is 6.58 Å². The molecule has 0 saturated carbocycles. The van der Waals surface area contributed by atoms with Crippen molar-refractivity contribution in [2.75, 3.05) is 13.6 Å². The third kappa shape index (κ3) is 3.91. The number of halogens is 2. The minimum Gasteiger partial charge on any atom is -0.207 e. The first kappa shape index (κ1) is 15.9. The maximum atomic E-state index is 12.3. The van der Waals surface area contributed by atoms with Crippen LogP contribution in [-0.4, -0.2) is 26.3 Å². The monoisotopic (exact) mass is 395 g/mol. The summed E-state index contributed by atoms with van der Waals surface area (Å²) in [5.41, 5.74) is 0. The lowest BCUT2D eigenvalue weighted by atomic mass is 10.3. The normalized spacial score (nSPS) is 11.8. The molecule has 100 valence electrons. The largest absolute Gasteiger partial charge is 0.243 e. The van der Waals surface area contributed by atoms with E-state index in [1.165, 1.54) is 4.31 Å². The average Bonchev–Trinajstić information content (AvgIpc) is 2.32. The van der Waals surface area contributed by atoms with Crippen LogP contribution in [0.5, 0.6) is 0 Å². The van der Waals surface area contributed by atoms with E-state index in [1.807, 2.05) is 0 Å². The molecule has 6 heteroatoms. The van der Waals surface area contributed by atoms with Crippen molar-refractivity contribution in [1.82, 2.24) is 4.31 Å². The predicted octanol–water partition coefficient (Wildman–Crippen LogP) is 3.80. The van der Waals surface area contributed by atoms with E-state index >= 15 is 0 Å². The summed E-state index contributed by atoms with van der Waals surface area (Å²) in [6.45, 7) is 4.10. The Kier molecular flexibility index (Phi) is 6.04. The molecule has 0 unspecified atom stereocenters. The number of nitrogens with zero attached hydrogens (tertiary/aromatic N) is 1. The van der Waals surface area contributed by atoms with Crippen LogP contribution in [0.3, 0.4) is 0 Å². The molecule has 0 spiro atoms. The smallest absolute Gasteiger partial charge is 0.207 e. The number of sulfonamides is 1. The highest BCUT2D eigenvalue weighted by Crippen LogP contribution is 2.27. The van der Waals surface area contributed by atoms with E-state index in [4.69, 9.17) is 0 Å². The number of hydrogen-bond acceptors (Lipinski definition) is 2. The second-order valence-corrected chi connectivity index (χ2v) is 7.62. The molecular formula is C12H15Br2NO2S. The maximum Gasteiger partial charge on any atom is 0.243 e. The number of allylic oxidation sites excluding steroid dienone is 1. The van der Waals surface area contributed by atoms with Crippen LogP contribution in [0.2, 0.25) is 0 Å². The predicted molar refractivity (Wildman–Crippen MR) is 81.1 cm³/mol. The van der Waals surface area contributed by atoms with Gasteiger partial charge in [0.15, 0.2) is 0 Å². The summed E-state index contributed by atoms with van der Waals surface area (Å²) in [5, 5.41) is 0. The van der Waals surface area contributed by atoms with E-state index in [9.17, 15) is 8.42 Å². The molecule has 1 aromatic rings. The Balaban J connectivity index is 2.98. The van der Waals surface area contributed by atoms with E-state index in [1.54, 1.807) is 31.3 Å². The van der Waals surface area contributed by atoms with E-state index in [0.717, 1.165) is 17.3 Å². The van der Waals surface area contributed by atoms with Crippen LogP contribution in [0.25, 0.3) is 0 Å². The molecule has 1 aromatic carbocycles. The second kappa shape index (κ2) is 6.84. The molecule has 1 rings (SSSR count). The number of rotatable bonds is 6. The minimum atomic E-state index is -3.45. The molecule has 0 amide bonds. The highest BCUT2D eigenvalue weighted by molar-refractivity contribution is 9.11. The van der Waals surface area contributed by atoms with Gasteiger partial charge in [0.05, 0.1) is 4.90 Å². The molecule has 0 aliphatic heterocycles. The lowest BCUT2D eigenvalue weighted by Gasteiger charge is -2.17. The van der Waals surface area contributed by atoms with Gasteiger partial charge in [-0.1, -0.05) is 22.0 Å². The van der Waals surface area contributed by atoms with Gasteiger partial charge >= 0.3 is 0 Å². The summed E-state index contributed by atoms with van der Waals surface area (Å²) in [4.78, 5) is 0.276. The van der Waals surface area contributed by atoms with Crippen molar-refractivity contribution in [2.24, 2.45) is 0 Å². The first-order chi connectivity index (χ1) is 8.39. The molecule has 0 bridgehead atoms. The molecule has 0 radical (unpaired) electrons. The minimum absolute atomic E-state index is 0.276. The number of benzene rings is 1. The zero-order valence-electron chi connectivity index (χ0n) is 10.1. The first-order valence-corrected chi connectivity index (χ1v) is 8.44. The van der Waals surface area contributed by atoms with Crippen LogP contribution in [0.4, 0.5) is 0 Å². The summed E-state index contributed by atoms with van der Waals surface area (Å²) in [7, 11) is -1.86. The van der Waals surface area contributed by atoms with Gasteiger partial charge in [-0.05, 0) is 47.0 Å². The van der Waals surface area contributed by atoms with Crippen molar-refractivity contribution in [3.63, 3.8) is 0 Å². The Morgan fingerprint density at radius 3 is 2.67 bits per heavy atom. The number of hydrogen-bond donors (Lipinski definition) is 0. The average molecular weight is 397 g/mol. The molecule has 0 saturated heterocycles. The summed E-state index contributed by atoms with van der Waals surface area (Å²) in [6, 6.07) is 5.11.